The van der Waals surface area contributed by atoms with Gasteiger partial charge in [0.15, 0.2) is 16.3 Å². The largest absolute Gasteiger partial charge is 0.463 e. The molecule has 10 heteroatoms. The molecule has 2 aromatic heterocycles. The van der Waals surface area contributed by atoms with E-state index in [0.717, 1.165) is 5.56 Å². The molecular weight excluding hydrogens is 528 g/mol. The highest BCUT2D eigenvalue weighted by Crippen LogP contribution is 2.38. The van der Waals surface area contributed by atoms with Crippen molar-refractivity contribution >= 4 is 35.0 Å². The van der Waals surface area contributed by atoms with Crippen molar-refractivity contribution in [2.75, 3.05) is 13.4 Å². The number of hydrogen-bond acceptors (Lipinski definition) is 8. The van der Waals surface area contributed by atoms with Crippen molar-refractivity contribution in [3.05, 3.63) is 102 Å². The Morgan fingerprint density at radius 3 is 2.74 bits per heavy atom. The zero-order valence-corrected chi connectivity index (χ0v) is 22.0. The van der Waals surface area contributed by atoms with Gasteiger partial charge in [0, 0.05) is 16.7 Å². The van der Waals surface area contributed by atoms with E-state index in [-0.39, 0.29) is 19.0 Å². The Balaban J connectivity index is 1.47. The molecule has 0 N–H and O–H groups in total. The Labute approximate surface area is 225 Å². The lowest BCUT2D eigenvalue weighted by atomic mass is 9.95. The molecule has 6 rings (SSSR count). The first kappa shape index (κ1) is 24.3. The maximum Gasteiger partial charge on any atom is 0.338 e. The Hall–Kier alpha value is -4.08. The molecule has 0 aliphatic carbocycles. The average Bonchev–Trinajstić information content (AvgIpc) is 3.63. The van der Waals surface area contributed by atoms with E-state index in [4.69, 9.17) is 30.2 Å². The van der Waals surface area contributed by atoms with Gasteiger partial charge in [-0.05, 0) is 67.9 Å². The summed E-state index contributed by atoms with van der Waals surface area (Å²) in [5.41, 5.74) is 2.04. The van der Waals surface area contributed by atoms with Crippen molar-refractivity contribution < 1.29 is 23.4 Å². The molecule has 4 heterocycles. The molecule has 4 aromatic rings. The van der Waals surface area contributed by atoms with Crippen molar-refractivity contribution in [1.82, 2.24) is 4.57 Å². The first-order valence-electron chi connectivity index (χ1n) is 11.9. The summed E-state index contributed by atoms with van der Waals surface area (Å²) in [5, 5.41) is 0.635. The Kier molecular flexibility index (Phi) is 6.17. The van der Waals surface area contributed by atoms with Gasteiger partial charge < -0.3 is 18.6 Å². The molecule has 0 saturated heterocycles. The van der Waals surface area contributed by atoms with Crippen molar-refractivity contribution in [3.63, 3.8) is 0 Å². The normalized spacial score (nSPS) is 16.4. The average molecular weight is 549 g/mol. The molecule has 192 valence electrons. The van der Waals surface area contributed by atoms with E-state index < -0.39 is 12.0 Å². The van der Waals surface area contributed by atoms with Crippen LogP contribution in [0.25, 0.3) is 17.4 Å². The molecule has 1 atom stereocenters. The van der Waals surface area contributed by atoms with Crippen molar-refractivity contribution in [2.45, 2.75) is 19.9 Å². The van der Waals surface area contributed by atoms with Crippen molar-refractivity contribution in [3.8, 4) is 22.8 Å². The monoisotopic (exact) mass is 548 g/mol. The van der Waals surface area contributed by atoms with Crippen LogP contribution >= 0.6 is 22.9 Å². The van der Waals surface area contributed by atoms with E-state index in [2.05, 4.69) is 4.99 Å². The van der Waals surface area contributed by atoms with Gasteiger partial charge >= 0.3 is 5.97 Å². The molecular formula is C28H21ClN2O6S. The van der Waals surface area contributed by atoms with Crippen LogP contribution in [-0.4, -0.2) is 23.9 Å². The number of benzene rings is 2. The molecule has 0 saturated carbocycles. The summed E-state index contributed by atoms with van der Waals surface area (Å²) in [6.45, 7) is 3.79. The summed E-state index contributed by atoms with van der Waals surface area (Å²) in [7, 11) is 0. The lowest BCUT2D eigenvalue weighted by Crippen LogP contribution is -2.39. The molecule has 0 spiro atoms. The van der Waals surface area contributed by atoms with Gasteiger partial charge in [-0.3, -0.25) is 9.36 Å². The fourth-order valence-electron chi connectivity index (χ4n) is 4.52. The van der Waals surface area contributed by atoms with Crippen LogP contribution in [0.15, 0.2) is 80.1 Å². The number of aromatic nitrogens is 1. The molecule has 1 unspecified atom stereocenters. The summed E-state index contributed by atoms with van der Waals surface area (Å²) in [6.07, 6.45) is 1.68. The Bertz CT molecular complexity index is 1780. The lowest BCUT2D eigenvalue weighted by Gasteiger charge is -2.24. The predicted octanol–water partition coefficient (Wildman–Crippen LogP) is 4.44. The number of nitrogens with zero attached hydrogens (tertiary/aromatic N) is 2. The summed E-state index contributed by atoms with van der Waals surface area (Å²) in [4.78, 5) is 31.9. The summed E-state index contributed by atoms with van der Waals surface area (Å²) in [6, 6.07) is 15.6. The number of allylic oxidation sites excluding steroid dienone is 1. The van der Waals surface area contributed by atoms with Crippen LogP contribution < -0.4 is 24.4 Å². The SMILES string of the molecule is CCOC(=O)C1=C(C)N=c2s/c(=C\c3ccc(-c4ccc(Cl)cc4)o3)c(=O)n2C1c1ccc2c(c1)OCO2. The first-order chi connectivity index (χ1) is 18.4. The van der Waals surface area contributed by atoms with Crippen LogP contribution in [-0.2, 0) is 9.53 Å². The first-order valence-corrected chi connectivity index (χ1v) is 13.1. The predicted molar refractivity (Wildman–Crippen MR) is 142 cm³/mol. The third-order valence-electron chi connectivity index (χ3n) is 6.26. The van der Waals surface area contributed by atoms with Crippen LogP contribution in [0.1, 0.15) is 31.2 Å². The van der Waals surface area contributed by atoms with Crippen LogP contribution in [0.5, 0.6) is 11.5 Å². The highest BCUT2D eigenvalue weighted by Gasteiger charge is 2.34. The van der Waals surface area contributed by atoms with Gasteiger partial charge in [0.1, 0.15) is 11.5 Å². The molecule has 8 nitrogen and oxygen atoms in total. The fourth-order valence-corrected chi connectivity index (χ4v) is 5.67. The number of furan rings is 1. The number of esters is 1. The van der Waals surface area contributed by atoms with E-state index in [9.17, 15) is 9.59 Å². The van der Waals surface area contributed by atoms with Crippen molar-refractivity contribution in [1.29, 1.82) is 0 Å². The smallest absolute Gasteiger partial charge is 0.338 e. The van der Waals surface area contributed by atoms with Crippen LogP contribution in [0.3, 0.4) is 0 Å². The quantitative estimate of drug-likeness (QED) is 0.342. The molecule has 38 heavy (non-hydrogen) atoms. The van der Waals surface area contributed by atoms with Gasteiger partial charge in [0.05, 0.1) is 28.5 Å². The van der Waals surface area contributed by atoms with Crippen LogP contribution in [0.4, 0.5) is 0 Å². The second kappa shape index (κ2) is 9.66. The Morgan fingerprint density at radius 1 is 1.16 bits per heavy atom. The number of thiazole rings is 1. The minimum Gasteiger partial charge on any atom is -0.463 e. The summed E-state index contributed by atoms with van der Waals surface area (Å²) in [5.74, 6) is 1.80. The van der Waals surface area contributed by atoms with E-state index >= 15 is 0 Å². The molecule has 0 amide bonds. The van der Waals surface area contributed by atoms with E-state index in [1.807, 2.05) is 24.3 Å². The van der Waals surface area contributed by atoms with E-state index in [0.29, 0.717) is 54.2 Å². The van der Waals surface area contributed by atoms with Gasteiger partial charge in [0.2, 0.25) is 6.79 Å². The van der Waals surface area contributed by atoms with Gasteiger partial charge in [0.25, 0.3) is 5.56 Å². The second-order valence-corrected chi connectivity index (χ2v) is 10.1. The molecule has 2 aliphatic heterocycles. The summed E-state index contributed by atoms with van der Waals surface area (Å²) < 4.78 is 24.3. The summed E-state index contributed by atoms with van der Waals surface area (Å²) >= 11 is 7.22. The number of halogens is 1. The van der Waals surface area contributed by atoms with E-state index in [1.165, 1.54) is 15.9 Å². The molecule has 0 bridgehead atoms. The minimum absolute atomic E-state index is 0.113. The van der Waals surface area contributed by atoms with Gasteiger partial charge in [-0.1, -0.05) is 29.0 Å². The van der Waals surface area contributed by atoms with E-state index in [1.54, 1.807) is 50.3 Å². The topological polar surface area (TPSA) is 92.3 Å². The standard InChI is InChI=1S/C28H21ClN2O6S/c1-3-34-27(33)24-15(2)30-28-31(25(24)17-6-10-21-22(12-17)36-14-35-21)26(32)23(38-28)13-19-9-11-20(37-19)16-4-7-18(29)8-5-16/h4-13,25H,3,14H2,1-2H3/b23-13-. The molecule has 0 fully saturated rings. The number of hydrogen-bond donors (Lipinski definition) is 0. The molecule has 2 aliphatic rings. The lowest BCUT2D eigenvalue weighted by molar-refractivity contribution is -0.139. The number of carbonyl (C=O) groups is 1. The fraction of sp³-hybridized carbons (Fsp3) is 0.179. The van der Waals surface area contributed by atoms with Gasteiger partial charge in [-0.15, -0.1) is 0 Å². The highest BCUT2D eigenvalue weighted by atomic mass is 35.5. The second-order valence-electron chi connectivity index (χ2n) is 8.62. The number of fused-ring (bicyclic) bond motifs is 2. The van der Waals surface area contributed by atoms with Crippen LogP contribution in [0.2, 0.25) is 5.02 Å². The maximum absolute atomic E-state index is 13.8. The molecule has 0 radical (unpaired) electrons. The van der Waals surface area contributed by atoms with Gasteiger partial charge in [-0.2, -0.15) is 0 Å². The maximum atomic E-state index is 13.8. The third-order valence-corrected chi connectivity index (χ3v) is 7.49. The Morgan fingerprint density at radius 2 is 1.95 bits per heavy atom. The minimum atomic E-state index is -0.747. The van der Waals surface area contributed by atoms with Crippen molar-refractivity contribution in [2.24, 2.45) is 4.99 Å². The third kappa shape index (κ3) is 4.23. The van der Waals surface area contributed by atoms with Gasteiger partial charge in [-0.25, -0.2) is 9.79 Å². The van der Waals surface area contributed by atoms with Crippen LogP contribution in [0, 0.1) is 0 Å². The number of carbonyl (C=O) groups excluding carboxylic acids is 1. The molecule has 2 aromatic carbocycles. The highest BCUT2D eigenvalue weighted by molar-refractivity contribution is 7.07. The zero-order chi connectivity index (χ0) is 26.4. The zero-order valence-electron chi connectivity index (χ0n) is 20.4. The number of ether oxygens (including phenoxy) is 3. The number of rotatable bonds is 5.